The molecule has 1 aromatic carbocycles. The van der Waals surface area contributed by atoms with Crippen LogP contribution in [-0.2, 0) is 0 Å². The van der Waals surface area contributed by atoms with Crippen LogP contribution in [0.5, 0.6) is 17.4 Å². The molecule has 0 saturated carbocycles. The Morgan fingerprint density at radius 1 is 1.09 bits per heavy atom. The number of aromatic nitrogens is 5. The van der Waals surface area contributed by atoms with Crippen molar-refractivity contribution in [2.24, 2.45) is 0 Å². The van der Waals surface area contributed by atoms with E-state index in [4.69, 9.17) is 9.47 Å². The van der Waals surface area contributed by atoms with Crippen molar-refractivity contribution in [2.75, 3.05) is 25.2 Å². The predicted molar refractivity (Wildman–Crippen MR) is 125 cm³/mol. The lowest BCUT2D eigenvalue weighted by molar-refractivity contribution is 0.107. The van der Waals surface area contributed by atoms with Crippen LogP contribution in [0.3, 0.4) is 0 Å². The number of anilines is 1. The molecule has 35 heavy (non-hydrogen) atoms. The lowest BCUT2D eigenvalue weighted by Gasteiger charge is -2.45. The number of benzene rings is 1. The van der Waals surface area contributed by atoms with Gasteiger partial charge in [-0.05, 0) is 31.4 Å². The van der Waals surface area contributed by atoms with Crippen LogP contribution in [0.25, 0.3) is 22.6 Å². The average molecular weight is 480 g/mol. The Balaban J connectivity index is 1.21. The van der Waals surface area contributed by atoms with E-state index in [0.717, 1.165) is 25.7 Å². The second-order valence-corrected chi connectivity index (χ2v) is 9.23. The highest BCUT2D eigenvalue weighted by molar-refractivity contribution is 5.72. The second-order valence-electron chi connectivity index (χ2n) is 9.23. The van der Waals surface area contributed by atoms with E-state index in [1.807, 2.05) is 11.9 Å². The third-order valence-corrected chi connectivity index (χ3v) is 7.05. The fraction of sp³-hybridized carbons (Fsp3) is 0.458. The number of ether oxygens (including phenoxy) is 2. The number of phenols is 1. The fourth-order valence-corrected chi connectivity index (χ4v) is 5.15. The number of halogens is 1. The summed E-state index contributed by atoms with van der Waals surface area (Å²) in [6.07, 6.45) is 4.33. The number of hydrogen-bond donors (Lipinski definition) is 2. The SMILES string of the molecule is CN(c1cnc(-c2ccc(-c3cc4c(nn3)OCCO4)cc2O)nn1)[C@H]1C[C@@H]2CCC[C@H](N2)[C@H]1F. The molecule has 2 aromatic heterocycles. The molecule has 0 aliphatic carbocycles. The molecule has 5 heterocycles. The minimum Gasteiger partial charge on any atom is -0.507 e. The monoisotopic (exact) mass is 479 g/mol. The Hall–Kier alpha value is -3.60. The molecule has 0 amide bonds. The largest absolute Gasteiger partial charge is 0.507 e. The quantitative estimate of drug-likeness (QED) is 0.578. The van der Waals surface area contributed by atoms with Crippen LogP contribution in [0.15, 0.2) is 30.5 Å². The van der Waals surface area contributed by atoms with Gasteiger partial charge in [0.1, 0.15) is 25.1 Å². The highest BCUT2D eigenvalue weighted by Crippen LogP contribution is 2.35. The van der Waals surface area contributed by atoms with Gasteiger partial charge >= 0.3 is 0 Å². The summed E-state index contributed by atoms with van der Waals surface area (Å²) in [6.45, 7) is 0.884. The van der Waals surface area contributed by atoms with Crippen molar-refractivity contribution in [1.82, 2.24) is 30.7 Å². The maximum absolute atomic E-state index is 15.1. The van der Waals surface area contributed by atoms with E-state index in [1.54, 1.807) is 30.5 Å². The van der Waals surface area contributed by atoms with Gasteiger partial charge in [0.2, 0.25) is 0 Å². The number of hydrogen-bond acceptors (Lipinski definition) is 10. The molecule has 2 saturated heterocycles. The van der Waals surface area contributed by atoms with Gasteiger partial charge in [0.25, 0.3) is 5.88 Å². The molecule has 0 spiro atoms. The van der Waals surface area contributed by atoms with Gasteiger partial charge in [-0.15, -0.1) is 20.4 Å². The van der Waals surface area contributed by atoms with Gasteiger partial charge in [-0.25, -0.2) is 9.37 Å². The molecule has 10 nitrogen and oxygen atoms in total. The Morgan fingerprint density at radius 2 is 1.97 bits per heavy atom. The number of fused-ring (bicyclic) bond motifs is 3. The highest BCUT2D eigenvalue weighted by atomic mass is 19.1. The minimum absolute atomic E-state index is 0.0166. The number of aromatic hydroxyl groups is 1. The van der Waals surface area contributed by atoms with E-state index in [9.17, 15) is 5.11 Å². The fourth-order valence-electron chi connectivity index (χ4n) is 5.15. The van der Waals surface area contributed by atoms with Gasteiger partial charge in [-0.2, -0.15) is 0 Å². The summed E-state index contributed by atoms with van der Waals surface area (Å²) in [4.78, 5) is 6.24. The van der Waals surface area contributed by atoms with Gasteiger partial charge in [0.05, 0.1) is 23.5 Å². The van der Waals surface area contributed by atoms with Crippen LogP contribution in [0.1, 0.15) is 25.7 Å². The van der Waals surface area contributed by atoms with E-state index < -0.39 is 6.17 Å². The van der Waals surface area contributed by atoms with Crippen LogP contribution < -0.4 is 19.7 Å². The predicted octanol–water partition coefficient (Wildman–Crippen LogP) is 2.53. The molecule has 0 radical (unpaired) electrons. The summed E-state index contributed by atoms with van der Waals surface area (Å²) in [6, 6.07) is 6.75. The normalized spacial score (nSPS) is 25.2. The molecular weight excluding hydrogens is 453 g/mol. The molecule has 0 unspecified atom stereocenters. The van der Waals surface area contributed by atoms with Crippen LogP contribution in [0.4, 0.5) is 10.2 Å². The number of alkyl halides is 1. The summed E-state index contributed by atoms with van der Waals surface area (Å²) >= 11 is 0. The first-order chi connectivity index (χ1) is 17.1. The molecule has 2 bridgehead atoms. The topological polar surface area (TPSA) is 118 Å². The standard InChI is InChI=1S/C24H26FN7O3/c1-32(18-10-14-3-2-4-16(27-14)22(18)25)21-12-26-23(30-29-21)15-6-5-13(9-19(15)33)17-11-20-24(31-28-17)35-8-7-34-20/h5-6,9,11-12,14,16,18,22,27,33H,2-4,7-8,10H2,1H3/t14-,16-,18-,22+/m0/s1. The van der Waals surface area contributed by atoms with Gasteiger partial charge < -0.3 is 24.8 Å². The molecule has 3 aliphatic rings. The molecule has 182 valence electrons. The van der Waals surface area contributed by atoms with Gasteiger partial charge in [-0.3, -0.25) is 0 Å². The van der Waals surface area contributed by atoms with Gasteiger partial charge in [0.15, 0.2) is 17.4 Å². The van der Waals surface area contributed by atoms with E-state index in [-0.39, 0.29) is 23.7 Å². The van der Waals surface area contributed by atoms with E-state index in [1.165, 1.54) is 0 Å². The number of rotatable bonds is 4. The number of piperidine rings is 2. The smallest absolute Gasteiger partial charge is 0.276 e. The molecule has 4 atom stereocenters. The maximum Gasteiger partial charge on any atom is 0.276 e. The first kappa shape index (κ1) is 21.9. The minimum atomic E-state index is -0.974. The van der Waals surface area contributed by atoms with Gasteiger partial charge in [0, 0.05) is 30.8 Å². The van der Waals surface area contributed by atoms with E-state index >= 15 is 4.39 Å². The first-order valence-corrected chi connectivity index (χ1v) is 11.9. The van der Waals surface area contributed by atoms with Crippen LogP contribution in [-0.4, -0.2) is 75.0 Å². The lowest BCUT2D eigenvalue weighted by Crippen LogP contribution is -2.61. The van der Waals surface area contributed by atoms with Crippen molar-refractivity contribution >= 4 is 5.82 Å². The first-order valence-electron chi connectivity index (χ1n) is 11.9. The maximum atomic E-state index is 15.1. The number of nitrogens with zero attached hydrogens (tertiary/aromatic N) is 6. The zero-order valence-electron chi connectivity index (χ0n) is 19.3. The Kier molecular flexibility index (Phi) is 5.56. The zero-order valence-corrected chi connectivity index (χ0v) is 19.3. The second kappa shape index (κ2) is 8.88. The van der Waals surface area contributed by atoms with Crippen molar-refractivity contribution < 1.29 is 19.0 Å². The molecule has 3 aliphatic heterocycles. The summed E-state index contributed by atoms with van der Waals surface area (Å²) < 4.78 is 26.1. The van der Waals surface area contributed by atoms with Gasteiger partial charge in [-0.1, -0.05) is 12.5 Å². The summed E-state index contributed by atoms with van der Waals surface area (Å²) in [5, 5.41) is 30.8. The Bertz CT molecular complexity index is 1230. The highest BCUT2D eigenvalue weighted by Gasteiger charge is 2.42. The summed E-state index contributed by atoms with van der Waals surface area (Å²) in [7, 11) is 1.84. The molecule has 2 fully saturated rings. The van der Waals surface area contributed by atoms with Crippen molar-refractivity contribution in [3.8, 4) is 40.0 Å². The average Bonchev–Trinajstić information content (AvgIpc) is 2.90. The van der Waals surface area contributed by atoms with Crippen LogP contribution in [0.2, 0.25) is 0 Å². The zero-order chi connectivity index (χ0) is 23.9. The molecular formula is C24H26FN7O3. The van der Waals surface area contributed by atoms with E-state index in [2.05, 4.69) is 30.7 Å². The lowest BCUT2D eigenvalue weighted by atomic mass is 9.82. The molecule has 6 rings (SSSR count). The third-order valence-electron chi connectivity index (χ3n) is 7.05. The van der Waals surface area contributed by atoms with Crippen molar-refractivity contribution in [2.45, 2.75) is 50.0 Å². The molecule has 2 N–H and O–H groups in total. The van der Waals surface area contributed by atoms with Crippen molar-refractivity contribution in [3.05, 3.63) is 30.5 Å². The third kappa shape index (κ3) is 4.09. The molecule has 11 heteroatoms. The number of nitrogens with one attached hydrogen (secondary N) is 1. The van der Waals surface area contributed by atoms with Crippen LogP contribution >= 0.6 is 0 Å². The summed E-state index contributed by atoms with van der Waals surface area (Å²) in [5.41, 5.74) is 1.63. The van der Waals surface area contributed by atoms with E-state index in [0.29, 0.717) is 53.5 Å². The van der Waals surface area contributed by atoms with Crippen LogP contribution in [0, 0.1) is 0 Å². The Morgan fingerprint density at radius 3 is 2.80 bits per heavy atom. The Labute approximate surface area is 201 Å². The van der Waals surface area contributed by atoms with Crippen molar-refractivity contribution in [1.29, 1.82) is 0 Å². The van der Waals surface area contributed by atoms with Crippen molar-refractivity contribution in [3.63, 3.8) is 0 Å². The summed E-state index contributed by atoms with van der Waals surface area (Å²) in [5.74, 6) is 1.64. The molecule has 3 aromatic rings. The number of phenolic OH excluding ortho intramolecular Hbond substituents is 1.